The Morgan fingerprint density at radius 1 is 1.47 bits per heavy atom. The maximum atomic E-state index is 11.4. The van der Waals surface area contributed by atoms with Gasteiger partial charge in [-0.1, -0.05) is 18.2 Å². The van der Waals surface area contributed by atoms with E-state index >= 15 is 0 Å². The van der Waals surface area contributed by atoms with Crippen LogP contribution in [0.3, 0.4) is 0 Å². The van der Waals surface area contributed by atoms with Gasteiger partial charge in [-0.3, -0.25) is 4.79 Å². The second-order valence-electron chi connectivity index (χ2n) is 3.67. The first kappa shape index (κ1) is 11.8. The molecule has 1 aromatic heterocycles. The molecule has 1 N–H and O–H groups in total. The van der Waals surface area contributed by atoms with E-state index in [1.54, 1.807) is 17.4 Å². The van der Waals surface area contributed by atoms with Gasteiger partial charge in [-0.15, -0.1) is 17.9 Å². The quantitative estimate of drug-likeness (QED) is 0.824. The smallest absolute Gasteiger partial charge is 0.220 e. The summed E-state index contributed by atoms with van der Waals surface area (Å²) in [5, 5.41) is 3.77. The monoisotopic (exact) mass is 246 g/mol. The minimum Gasteiger partial charge on any atom is -0.353 e. The Labute approximate surface area is 104 Å². The zero-order valence-electron chi connectivity index (χ0n) is 9.48. The van der Waals surface area contributed by atoms with Crippen molar-refractivity contribution in [1.82, 2.24) is 10.3 Å². The summed E-state index contributed by atoms with van der Waals surface area (Å²) < 4.78 is 1.17. The molecule has 17 heavy (non-hydrogen) atoms. The number of aromatic nitrogens is 1. The summed E-state index contributed by atoms with van der Waals surface area (Å²) in [5.41, 5.74) is 1.01. The Balaban J connectivity index is 1.94. The van der Waals surface area contributed by atoms with E-state index in [-0.39, 0.29) is 5.91 Å². The van der Waals surface area contributed by atoms with Gasteiger partial charge in [0.15, 0.2) is 0 Å². The van der Waals surface area contributed by atoms with Crippen molar-refractivity contribution < 1.29 is 4.79 Å². The zero-order valence-corrected chi connectivity index (χ0v) is 10.3. The Bertz CT molecular complexity index is 500. The van der Waals surface area contributed by atoms with Crippen LogP contribution in [-0.2, 0) is 11.2 Å². The number of benzene rings is 1. The van der Waals surface area contributed by atoms with E-state index in [0.717, 1.165) is 10.5 Å². The first-order valence-corrected chi connectivity index (χ1v) is 6.33. The molecule has 4 heteroatoms. The lowest BCUT2D eigenvalue weighted by Crippen LogP contribution is -2.23. The number of nitrogens with one attached hydrogen (secondary N) is 1. The molecule has 0 aliphatic rings. The molecule has 1 aromatic carbocycles. The zero-order chi connectivity index (χ0) is 12.1. The predicted octanol–water partition coefficient (Wildman–Crippen LogP) is 2.53. The first-order chi connectivity index (χ1) is 8.29. The van der Waals surface area contributed by atoms with Crippen molar-refractivity contribution in [1.29, 1.82) is 0 Å². The number of aryl methyl sites for hydroxylation is 1. The van der Waals surface area contributed by atoms with Crippen molar-refractivity contribution in [3.8, 4) is 0 Å². The number of carbonyl (C=O) groups is 1. The maximum Gasteiger partial charge on any atom is 0.220 e. The molecule has 2 aromatic rings. The summed E-state index contributed by atoms with van der Waals surface area (Å²) in [4.78, 5) is 15.9. The topological polar surface area (TPSA) is 42.0 Å². The molecule has 88 valence electrons. The second kappa shape index (κ2) is 5.59. The van der Waals surface area contributed by atoms with Crippen LogP contribution in [-0.4, -0.2) is 17.4 Å². The number of thiazole rings is 1. The van der Waals surface area contributed by atoms with Crippen molar-refractivity contribution in [3.63, 3.8) is 0 Å². The van der Waals surface area contributed by atoms with Crippen LogP contribution in [0.5, 0.6) is 0 Å². The van der Waals surface area contributed by atoms with E-state index < -0.39 is 0 Å². The van der Waals surface area contributed by atoms with E-state index in [2.05, 4.69) is 16.9 Å². The van der Waals surface area contributed by atoms with E-state index in [1.165, 1.54) is 4.70 Å². The van der Waals surface area contributed by atoms with Gasteiger partial charge in [0, 0.05) is 19.4 Å². The van der Waals surface area contributed by atoms with E-state index in [0.29, 0.717) is 19.4 Å². The third-order valence-corrected chi connectivity index (χ3v) is 3.44. The largest absolute Gasteiger partial charge is 0.353 e. The standard InChI is InChI=1S/C13H14N2OS/c1-2-9-14-12(16)7-8-13-15-10-5-3-4-6-11(10)17-13/h2-6H,1,7-9H2,(H,14,16). The van der Waals surface area contributed by atoms with E-state index in [4.69, 9.17) is 0 Å². The number of rotatable bonds is 5. The van der Waals surface area contributed by atoms with Crippen LogP contribution in [0.15, 0.2) is 36.9 Å². The lowest BCUT2D eigenvalue weighted by atomic mass is 10.3. The summed E-state index contributed by atoms with van der Waals surface area (Å²) >= 11 is 1.65. The van der Waals surface area contributed by atoms with Gasteiger partial charge in [0.25, 0.3) is 0 Å². The van der Waals surface area contributed by atoms with Crippen LogP contribution < -0.4 is 5.32 Å². The lowest BCUT2D eigenvalue weighted by Gasteiger charge is -1.99. The highest BCUT2D eigenvalue weighted by Gasteiger charge is 2.05. The van der Waals surface area contributed by atoms with Gasteiger partial charge in [-0.05, 0) is 12.1 Å². The van der Waals surface area contributed by atoms with Crippen molar-refractivity contribution in [3.05, 3.63) is 41.9 Å². The number of hydrogen-bond acceptors (Lipinski definition) is 3. The van der Waals surface area contributed by atoms with Crippen LogP contribution in [0.4, 0.5) is 0 Å². The van der Waals surface area contributed by atoms with Gasteiger partial charge < -0.3 is 5.32 Å². The number of para-hydroxylation sites is 1. The van der Waals surface area contributed by atoms with E-state index in [1.807, 2.05) is 24.3 Å². The van der Waals surface area contributed by atoms with Gasteiger partial charge in [-0.2, -0.15) is 0 Å². The average Bonchev–Trinajstić information content (AvgIpc) is 2.76. The molecule has 0 saturated carbocycles. The normalized spacial score (nSPS) is 10.4. The molecule has 0 unspecified atom stereocenters. The molecule has 0 aliphatic carbocycles. The SMILES string of the molecule is C=CCNC(=O)CCc1nc2ccccc2s1. The second-order valence-corrected chi connectivity index (χ2v) is 4.78. The Morgan fingerprint density at radius 2 is 2.29 bits per heavy atom. The average molecular weight is 246 g/mol. The van der Waals surface area contributed by atoms with Crippen molar-refractivity contribution in [2.75, 3.05) is 6.54 Å². The Kier molecular flexibility index (Phi) is 3.88. The van der Waals surface area contributed by atoms with Gasteiger partial charge in [-0.25, -0.2) is 4.98 Å². The summed E-state index contributed by atoms with van der Waals surface area (Å²) in [6.45, 7) is 4.08. The summed E-state index contributed by atoms with van der Waals surface area (Å²) in [6.07, 6.45) is 2.85. The number of fused-ring (bicyclic) bond motifs is 1. The molecule has 0 aliphatic heterocycles. The molecule has 2 rings (SSSR count). The molecule has 0 atom stereocenters. The van der Waals surface area contributed by atoms with E-state index in [9.17, 15) is 4.79 Å². The third kappa shape index (κ3) is 3.14. The highest BCUT2D eigenvalue weighted by atomic mass is 32.1. The van der Waals surface area contributed by atoms with Crippen molar-refractivity contribution in [2.24, 2.45) is 0 Å². The molecular weight excluding hydrogens is 232 g/mol. The van der Waals surface area contributed by atoms with Crippen LogP contribution >= 0.6 is 11.3 Å². The van der Waals surface area contributed by atoms with Crippen LogP contribution in [0.1, 0.15) is 11.4 Å². The molecule has 0 radical (unpaired) electrons. The molecule has 0 spiro atoms. The molecule has 0 bridgehead atoms. The summed E-state index contributed by atoms with van der Waals surface area (Å²) in [6, 6.07) is 8.02. The molecular formula is C13H14N2OS. The number of nitrogens with zero attached hydrogens (tertiary/aromatic N) is 1. The van der Waals surface area contributed by atoms with Crippen LogP contribution in [0.2, 0.25) is 0 Å². The Morgan fingerprint density at radius 3 is 3.06 bits per heavy atom. The number of amides is 1. The highest BCUT2D eigenvalue weighted by Crippen LogP contribution is 2.22. The van der Waals surface area contributed by atoms with Crippen LogP contribution in [0.25, 0.3) is 10.2 Å². The predicted molar refractivity (Wildman–Crippen MR) is 71.1 cm³/mol. The highest BCUT2D eigenvalue weighted by molar-refractivity contribution is 7.18. The van der Waals surface area contributed by atoms with Gasteiger partial charge in [0.1, 0.15) is 0 Å². The van der Waals surface area contributed by atoms with Gasteiger partial charge in [0.05, 0.1) is 15.2 Å². The summed E-state index contributed by atoms with van der Waals surface area (Å²) in [7, 11) is 0. The lowest BCUT2D eigenvalue weighted by molar-refractivity contribution is -0.120. The fraction of sp³-hybridized carbons (Fsp3) is 0.231. The fourth-order valence-electron chi connectivity index (χ4n) is 1.52. The summed E-state index contributed by atoms with van der Waals surface area (Å²) in [5.74, 6) is 0.0455. The number of carbonyl (C=O) groups excluding carboxylic acids is 1. The van der Waals surface area contributed by atoms with Gasteiger partial charge in [0.2, 0.25) is 5.91 Å². The van der Waals surface area contributed by atoms with Crippen molar-refractivity contribution >= 4 is 27.5 Å². The fourth-order valence-corrected chi connectivity index (χ4v) is 2.49. The van der Waals surface area contributed by atoms with Crippen molar-refractivity contribution in [2.45, 2.75) is 12.8 Å². The maximum absolute atomic E-state index is 11.4. The molecule has 3 nitrogen and oxygen atoms in total. The molecule has 0 saturated heterocycles. The molecule has 1 amide bonds. The minimum absolute atomic E-state index is 0.0455. The molecule has 1 heterocycles. The third-order valence-electron chi connectivity index (χ3n) is 2.35. The first-order valence-electron chi connectivity index (χ1n) is 5.51. The van der Waals surface area contributed by atoms with Crippen LogP contribution in [0, 0.1) is 0 Å². The Hall–Kier alpha value is -1.68. The molecule has 0 fully saturated rings. The number of hydrogen-bond donors (Lipinski definition) is 1. The van der Waals surface area contributed by atoms with Gasteiger partial charge >= 0.3 is 0 Å². The minimum atomic E-state index is 0.0455.